The van der Waals surface area contributed by atoms with Gasteiger partial charge in [-0.15, -0.1) is 0 Å². The molecule has 6 nitrogen and oxygen atoms in total. The summed E-state index contributed by atoms with van der Waals surface area (Å²) in [5.41, 5.74) is 0. The van der Waals surface area contributed by atoms with Crippen LogP contribution in [0.5, 0.6) is 0 Å². The summed E-state index contributed by atoms with van der Waals surface area (Å²) in [7, 11) is 0. The Bertz CT molecular complexity index is 1700. The zero-order chi connectivity index (χ0) is 57.8. The standard InChI is InChI=1S/C74H122O6/c1-4-7-10-13-16-19-22-25-28-30-32-33-34-35-36-37-38-39-40-42-43-46-49-52-55-58-61-64-67-73(76)79-70-71(69-78-72(75)66-63-60-57-54-51-48-45-27-24-21-18-15-12-9-6-3)80-74(77)68-65-62-59-56-53-50-47-44-41-31-29-26-23-20-17-14-11-8-5-2/h8-9,11-12,17-18,20-21,26-27,29,41,44-45,50-51,53-54,59-60,62-63,71H,4-7,10,13-16,19,22-25,28,30-40,42-43,46-49,52,55-58,61,64-70H2,1-3H3/b11-8-,12-9-,20-17-,21-18-,29-26-,44-41-,45-27-,53-50-,54-51-,62-59-,63-60-. The van der Waals surface area contributed by atoms with E-state index in [1.54, 1.807) is 6.08 Å². The van der Waals surface area contributed by atoms with E-state index in [0.29, 0.717) is 12.8 Å². The van der Waals surface area contributed by atoms with E-state index in [4.69, 9.17) is 14.2 Å². The minimum Gasteiger partial charge on any atom is -0.462 e. The van der Waals surface area contributed by atoms with Crippen molar-refractivity contribution in [3.63, 3.8) is 0 Å². The fourth-order valence-electron chi connectivity index (χ4n) is 9.07. The molecule has 80 heavy (non-hydrogen) atoms. The Balaban J connectivity index is 4.41. The average molecular weight is 1110 g/mol. The second kappa shape index (κ2) is 67.1. The number of carbonyl (C=O) groups excluding carboxylic acids is 3. The van der Waals surface area contributed by atoms with Gasteiger partial charge in [-0.2, -0.15) is 0 Å². The first kappa shape index (κ1) is 75.5. The first-order chi connectivity index (χ1) is 39.5. The molecule has 0 aliphatic heterocycles. The molecule has 0 aromatic rings. The summed E-state index contributed by atoms with van der Waals surface area (Å²) in [6.07, 6.45) is 95.2. The van der Waals surface area contributed by atoms with Crippen LogP contribution >= 0.6 is 0 Å². The van der Waals surface area contributed by atoms with E-state index in [2.05, 4.69) is 130 Å². The molecule has 0 aromatic heterocycles. The first-order valence-corrected chi connectivity index (χ1v) is 33.2. The molecule has 0 aliphatic rings. The van der Waals surface area contributed by atoms with Crippen molar-refractivity contribution in [3.8, 4) is 0 Å². The molecule has 454 valence electrons. The molecule has 0 aliphatic carbocycles. The fraction of sp³-hybridized carbons (Fsp3) is 0.662. The van der Waals surface area contributed by atoms with Crippen molar-refractivity contribution < 1.29 is 28.6 Å². The normalized spacial score (nSPS) is 13.0. The van der Waals surface area contributed by atoms with Crippen molar-refractivity contribution in [2.24, 2.45) is 0 Å². The Morgan fingerprint density at radius 2 is 0.537 bits per heavy atom. The van der Waals surface area contributed by atoms with Gasteiger partial charge in [0.25, 0.3) is 0 Å². The summed E-state index contributed by atoms with van der Waals surface area (Å²) in [6.45, 7) is 6.28. The molecule has 0 aromatic carbocycles. The van der Waals surface area contributed by atoms with Crippen LogP contribution in [0.3, 0.4) is 0 Å². The Hall–Kier alpha value is -4.45. The Morgan fingerprint density at radius 3 is 0.850 bits per heavy atom. The fourth-order valence-corrected chi connectivity index (χ4v) is 9.07. The molecule has 0 N–H and O–H groups in total. The summed E-state index contributed by atoms with van der Waals surface area (Å²) >= 11 is 0. The quantitative estimate of drug-likeness (QED) is 0.0261. The lowest BCUT2D eigenvalue weighted by Crippen LogP contribution is -2.30. The molecule has 1 unspecified atom stereocenters. The third-order valence-corrected chi connectivity index (χ3v) is 13.9. The third kappa shape index (κ3) is 64.4. The van der Waals surface area contributed by atoms with Crippen LogP contribution in [0.25, 0.3) is 0 Å². The maximum absolute atomic E-state index is 12.9. The van der Waals surface area contributed by atoms with Gasteiger partial charge >= 0.3 is 17.9 Å². The minimum absolute atomic E-state index is 0.107. The lowest BCUT2D eigenvalue weighted by Gasteiger charge is -2.18. The van der Waals surface area contributed by atoms with E-state index in [1.165, 1.54) is 161 Å². The predicted molar refractivity (Wildman–Crippen MR) is 348 cm³/mol. The minimum atomic E-state index is -0.863. The van der Waals surface area contributed by atoms with Gasteiger partial charge in [0, 0.05) is 12.8 Å². The highest BCUT2D eigenvalue weighted by atomic mass is 16.6. The number of hydrogen-bond donors (Lipinski definition) is 0. The van der Waals surface area contributed by atoms with Crippen molar-refractivity contribution in [2.45, 2.75) is 303 Å². The second-order valence-corrected chi connectivity index (χ2v) is 21.6. The molecular weight excluding hydrogens is 985 g/mol. The summed E-state index contributed by atoms with van der Waals surface area (Å²) in [4.78, 5) is 38.2. The molecular formula is C74H122O6. The highest BCUT2D eigenvalue weighted by Crippen LogP contribution is 2.17. The van der Waals surface area contributed by atoms with Gasteiger partial charge in [0.05, 0.1) is 6.42 Å². The Morgan fingerprint density at radius 1 is 0.275 bits per heavy atom. The second-order valence-electron chi connectivity index (χ2n) is 21.6. The van der Waals surface area contributed by atoms with Crippen molar-refractivity contribution in [2.75, 3.05) is 13.2 Å². The van der Waals surface area contributed by atoms with E-state index in [-0.39, 0.29) is 32.0 Å². The maximum atomic E-state index is 12.9. The monoisotopic (exact) mass is 1110 g/mol. The van der Waals surface area contributed by atoms with Gasteiger partial charge in [0.15, 0.2) is 6.10 Å². The smallest absolute Gasteiger partial charge is 0.309 e. The van der Waals surface area contributed by atoms with Gasteiger partial charge in [-0.25, -0.2) is 0 Å². The number of rotatable bonds is 59. The van der Waals surface area contributed by atoms with Crippen LogP contribution in [0, 0.1) is 0 Å². The van der Waals surface area contributed by atoms with E-state index in [1.807, 2.05) is 18.2 Å². The number of unbranched alkanes of at least 4 members (excludes halogenated alkanes) is 27. The van der Waals surface area contributed by atoms with Crippen molar-refractivity contribution >= 4 is 17.9 Å². The van der Waals surface area contributed by atoms with Gasteiger partial charge in [-0.1, -0.05) is 328 Å². The average Bonchev–Trinajstić information content (AvgIpc) is 3.46. The van der Waals surface area contributed by atoms with Crippen LogP contribution in [0.15, 0.2) is 134 Å². The van der Waals surface area contributed by atoms with Gasteiger partial charge in [0.1, 0.15) is 13.2 Å². The van der Waals surface area contributed by atoms with Crippen LogP contribution in [0.4, 0.5) is 0 Å². The van der Waals surface area contributed by atoms with Gasteiger partial charge in [0.2, 0.25) is 0 Å². The van der Waals surface area contributed by atoms with E-state index < -0.39 is 18.0 Å². The van der Waals surface area contributed by atoms with Crippen LogP contribution in [0.2, 0.25) is 0 Å². The molecule has 1 atom stereocenters. The Labute approximate surface area is 494 Å². The van der Waals surface area contributed by atoms with Crippen molar-refractivity contribution in [1.82, 2.24) is 0 Å². The van der Waals surface area contributed by atoms with Crippen LogP contribution in [-0.2, 0) is 28.6 Å². The first-order valence-electron chi connectivity index (χ1n) is 33.2. The lowest BCUT2D eigenvalue weighted by molar-refractivity contribution is -0.166. The number of allylic oxidation sites excluding steroid dienone is 21. The highest BCUT2D eigenvalue weighted by Gasteiger charge is 2.19. The van der Waals surface area contributed by atoms with Crippen LogP contribution in [-0.4, -0.2) is 37.2 Å². The lowest BCUT2D eigenvalue weighted by atomic mass is 10.0. The number of ether oxygens (including phenoxy) is 3. The van der Waals surface area contributed by atoms with Crippen molar-refractivity contribution in [1.29, 1.82) is 0 Å². The molecule has 0 saturated heterocycles. The molecule has 0 saturated carbocycles. The van der Waals surface area contributed by atoms with Crippen molar-refractivity contribution in [3.05, 3.63) is 134 Å². The Kier molecular flexibility index (Phi) is 63.3. The molecule has 0 bridgehead atoms. The largest absolute Gasteiger partial charge is 0.462 e. The molecule has 0 heterocycles. The van der Waals surface area contributed by atoms with E-state index in [0.717, 1.165) is 89.9 Å². The summed E-state index contributed by atoms with van der Waals surface area (Å²) in [5.74, 6) is -1.16. The molecule has 0 radical (unpaired) electrons. The summed E-state index contributed by atoms with van der Waals surface area (Å²) in [5, 5.41) is 0. The van der Waals surface area contributed by atoms with E-state index in [9.17, 15) is 14.4 Å². The highest BCUT2D eigenvalue weighted by molar-refractivity contribution is 5.72. The zero-order valence-corrected chi connectivity index (χ0v) is 52.0. The molecule has 6 heteroatoms. The van der Waals surface area contributed by atoms with E-state index >= 15 is 0 Å². The van der Waals surface area contributed by atoms with Crippen LogP contribution in [0.1, 0.15) is 297 Å². The van der Waals surface area contributed by atoms with Crippen LogP contribution < -0.4 is 0 Å². The van der Waals surface area contributed by atoms with Gasteiger partial charge in [-0.3, -0.25) is 14.4 Å². The van der Waals surface area contributed by atoms with Gasteiger partial charge in [-0.05, 0) is 83.5 Å². The summed E-state index contributed by atoms with van der Waals surface area (Å²) in [6, 6.07) is 0. The summed E-state index contributed by atoms with van der Waals surface area (Å²) < 4.78 is 16.7. The SMILES string of the molecule is CC/C=C\C/C=C\C/C=C\C/C=C\C/C=C\C/C=C\CCC(=O)OC(COC(=O)C/C=C\C/C=C\C/C=C\C/C=C\C/C=C\CC)COC(=O)CCCCCCCCCCCCCCCCCCCCCCCCCCCCCC. The number of carbonyl (C=O) groups is 3. The number of esters is 3. The molecule has 0 rings (SSSR count). The zero-order valence-electron chi connectivity index (χ0n) is 52.0. The maximum Gasteiger partial charge on any atom is 0.309 e. The topological polar surface area (TPSA) is 78.9 Å². The van der Waals surface area contributed by atoms with Gasteiger partial charge < -0.3 is 14.2 Å². The predicted octanol–water partition coefficient (Wildman–Crippen LogP) is 22.9. The molecule has 0 fully saturated rings. The molecule has 0 spiro atoms. The third-order valence-electron chi connectivity index (χ3n) is 13.9. The number of hydrogen-bond acceptors (Lipinski definition) is 6. The molecule has 0 amide bonds.